The number of hydrogen-bond donors (Lipinski definition) is 2. The van der Waals surface area contributed by atoms with Gasteiger partial charge < -0.3 is 10.0 Å². The molecule has 2 heterocycles. The fourth-order valence-corrected chi connectivity index (χ4v) is 2.16. The fraction of sp³-hybridized carbons (Fsp3) is 0.636. The molecule has 1 aliphatic rings. The lowest BCUT2D eigenvalue weighted by atomic mass is 9.94. The van der Waals surface area contributed by atoms with E-state index in [4.69, 9.17) is 5.11 Å². The quantitative estimate of drug-likeness (QED) is 0.790. The number of nitrogens with zero attached hydrogens (tertiary/aromatic N) is 2. The van der Waals surface area contributed by atoms with Crippen LogP contribution in [0, 0.1) is 5.92 Å². The van der Waals surface area contributed by atoms with Gasteiger partial charge in [-0.1, -0.05) is 0 Å². The second-order valence-electron chi connectivity index (χ2n) is 4.23. The number of piperidine rings is 1. The van der Waals surface area contributed by atoms with Gasteiger partial charge in [0.2, 0.25) is 0 Å². The van der Waals surface area contributed by atoms with Crippen LogP contribution in [0.15, 0.2) is 12.4 Å². The minimum absolute atomic E-state index is 0.0520. The Labute approximate surface area is 94.5 Å². The van der Waals surface area contributed by atoms with Crippen molar-refractivity contribution in [2.75, 3.05) is 19.7 Å². The number of amides is 1. The largest absolute Gasteiger partial charge is 0.396 e. The van der Waals surface area contributed by atoms with Crippen molar-refractivity contribution in [2.24, 2.45) is 5.92 Å². The van der Waals surface area contributed by atoms with E-state index in [2.05, 4.69) is 10.2 Å². The first-order valence-corrected chi connectivity index (χ1v) is 5.70. The van der Waals surface area contributed by atoms with Crippen molar-refractivity contribution in [1.82, 2.24) is 15.1 Å². The van der Waals surface area contributed by atoms with Crippen molar-refractivity contribution in [1.29, 1.82) is 0 Å². The van der Waals surface area contributed by atoms with Crippen LogP contribution in [-0.2, 0) is 0 Å². The van der Waals surface area contributed by atoms with Crippen LogP contribution in [0.4, 0.5) is 0 Å². The zero-order valence-corrected chi connectivity index (χ0v) is 9.22. The van der Waals surface area contributed by atoms with E-state index in [0.717, 1.165) is 32.4 Å². The van der Waals surface area contributed by atoms with Crippen molar-refractivity contribution >= 4 is 5.91 Å². The SMILES string of the molecule is O=C(c1cn[nH]c1)N1CCC(CCO)CC1. The van der Waals surface area contributed by atoms with Crippen LogP contribution in [-0.4, -0.2) is 45.8 Å². The van der Waals surface area contributed by atoms with Crippen molar-refractivity contribution in [3.05, 3.63) is 18.0 Å². The molecule has 0 bridgehead atoms. The van der Waals surface area contributed by atoms with Gasteiger partial charge in [-0.05, 0) is 25.2 Å². The molecule has 0 spiro atoms. The van der Waals surface area contributed by atoms with E-state index in [9.17, 15) is 4.79 Å². The highest BCUT2D eigenvalue weighted by atomic mass is 16.3. The van der Waals surface area contributed by atoms with Gasteiger partial charge in [-0.2, -0.15) is 5.10 Å². The zero-order chi connectivity index (χ0) is 11.4. The van der Waals surface area contributed by atoms with E-state index in [1.807, 2.05) is 4.90 Å². The number of hydrogen-bond acceptors (Lipinski definition) is 3. The predicted octanol–water partition coefficient (Wildman–Crippen LogP) is 0.644. The third-order valence-corrected chi connectivity index (χ3v) is 3.18. The molecular weight excluding hydrogens is 206 g/mol. The number of carbonyl (C=O) groups excluding carboxylic acids is 1. The van der Waals surface area contributed by atoms with Gasteiger partial charge in [0.25, 0.3) is 5.91 Å². The molecule has 1 saturated heterocycles. The summed E-state index contributed by atoms with van der Waals surface area (Å²) in [5.41, 5.74) is 0.626. The van der Waals surface area contributed by atoms with Crippen molar-refractivity contribution in [3.63, 3.8) is 0 Å². The molecule has 1 amide bonds. The number of nitrogens with one attached hydrogen (secondary N) is 1. The van der Waals surface area contributed by atoms with Crippen LogP contribution in [0.25, 0.3) is 0 Å². The van der Waals surface area contributed by atoms with E-state index >= 15 is 0 Å². The number of aromatic amines is 1. The number of rotatable bonds is 3. The van der Waals surface area contributed by atoms with Crippen LogP contribution >= 0.6 is 0 Å². The summed E-state index contributed by atoms with van der Waals surface area (Å²) in [4.78, 5) is 13.8. The summed E-state index contributed by atoms with van der Waals surface area (Å²) in [6.45, 7) is 1.82. The summed E-state index contributed by atoms with van der Waals surface area (Å²) < 4.78 is 0. The monoisotopic (exact) mass is 223 g/mol. The Balaban J connectivity index is 1.87. The summed E-state index contributed by atoms with van der Waals surface area (Å²) >= 11 is 0. The van der Waals surface area contributed by atoms with E-state index in [0.29, 0.717) is 11.5 Å². The topological polar surface area (TPSA) is 69.2 Å². The van der Waals surface area contributed by atoms with Gasteiger partial charge >= 0.3 is 0 Å². The molecule has 2 N–H and O–H groups in total. The molecule has 0 aromatic carbocycles. The fourth-order valence-electron chi connectivity index (χ4n) is 2.16. The maximum Gasteiger partial charge on any atom is 0.257 e. The smallest absolute Gasteiger partial charge is 0.257 e. The number of carbonyl (C=O) groups is 1. The summed E-state index contributed by atoms with van der Waals surface area (Å²) in [5, 5.41) is 15.3. The molecule has 5 heteroatoms. The number of aliphatic hydroxyl groups is 1. The van der Waals surface area contributed by atoms with Crippen LogP contribution in [0.1, 0.15) is 29.6 Å². The highest BCUT2D eigenvalue weighted by Crippen LogP contribution is 2.21. The zero-order valence-electron chi connectivity index (χ0n) is 9.22. The molecule has 1 fully saturated rings. The lowest BCUT2D eigenvalue weighted by molar-refractivity contribution is 0.0678. The number of likely N-dealkylation sites (tertiary alicyclic amines) is 1. The Bertz CT molecular complexity index is 329. The summed E-state index contributed by atoms with van der Waals surface area (Å²) in [7, 11) is 0. The first kappa shape index (κ1) is 11.1. The van der Waals surface area contributed by atoms with E-state index in [1.54, 1.807) is 12.4 Å². The number of aliphatic hydroxyl groups excluding tert-OH is 1. The lowest BCUT2D eigenvalue weighted by Gasteiger charge is -2.31. The van der Waals surface area contributed by atoms with E-state index < -0.39 is 0 Å². The van der Waals surface area contributed by atoms with E-state index in [-0.39, 0.29) is 12.5 Å². The summed E-state index contributed by atoms with van der Waals surface area (Å²) in [6.07, 6.45) is 6.02. The van der Waals surface area contributed by atoms with Crippen LogP contribution in [0.5, 0.6) is 0 Å². The molecule has 0 saturated carbocycles. The first-order valence-electron chi connectivity index (χ1n) is 5.70. The third-order valence-electron chi connectivity index (χ3n) is 3.18. The van der Waals surface area contributed by atoms with E-state index in [1.165, 1.54) is 0 Å². The molecule has 0 atom stereocenters. The third kappa shape index (κ3) is 2.41. The Morgan fingerprint density at radius 1 is 1.56 bits per heavy atom. The average Bonchev–Trinajstić information content (AvgIpc) is 2.83. The average molecular weight is 223 g/mol. The number of H-pyrrole nitrogens is 1. The van der Waals surface area contributed by atoms with Gasteiger partial charge in [-0.25, -0.2) is 0 Å². The van der Waals surface area contributed by atoms with Gasteiger partial charge in [-0.15, -0.1) is 0 Å². The standard InChI is InChI=1S/C11H17N3O2/c15-6-3-9-1-4-14(5-2-9)11(16)10-7-12-13-8-10/h7-9,15H,1-6H2,(H,12,13). The molecule has 1 aromatic rings. The molecule has 5 nitrogen and oxygen atoms in total. The van der Waals surface area contributed by atoms with Crippen LogP contribution in [0.3, 0.4) is 0 Å². The number of aromatic nitrogens is 2. The second-order valence-corrected chi connectivity index (χ2v) is 4.23. The highest BCUT2D eigenvalue weighted by molar-refractivity contribution is 5.93. The molecule has 1 aromatic heterocycles. The molecular formula is C11H17N3O2. The Hall–Kier alpha value is -1.36. The van der Waals surface area contributed by atoms with Gasteiger partial charge in [0.15, 0.2) is 0 Å². The molecule has 2 rings (SSSR count). The minimum Gasteiger partial charge on any atom is -0.396 e. The normalized spacial score (nSPS) is 17.7. The molecule has 16 heavy (non-hydrogen) atoms. The van der Waals surface area contributed by atoms with Gasteiger partial charge in [0, 0.05) is 25.9 Å². The van der Waals surface area contributed by atoms with Crippen molar-refractivity contribution < 1.29 is 9.90 Å². The predicted molar refractivity (Wildman–Crippen MR) is 58.9 cm³/mol. The van der Waals surface area contributed by atoms with Crippen LogP contribution < -0.4 is 0 Å². The first-order chi connectivity index (χ1) is 7.81. The second kappa shape index (κ2) is 5.12. The molecule has 1 aliphatic heterocycles. The highest BCUT2D eigenvalue weighted by Gasteiger charge is 2.23. The summed E-state index contributed by atoms with van der Waals surface area (Å²) in [5.74, 6) is 0.620. The molecule has 0 aliphatic carbocycles. The molecule has 0 unspecified atom stereocenters. The van der Waals surface area contributed by atoms with Gasteiger partial charge in [0.1, 0.15) is 0 Å². The maximum absolute atomic E-state index is 11.9. The Kier molecular flexibility index (Phi) is 3.56. The Morgan fingerprint density at radius 3 is 2.88 bits per heavy atom. The Morgan fingerprint density at radius 2 is 2.31 bits per heavy atom. The van der Waals surface area contributed by atoms with Crippen molar-refractivity contribution in [3.8, 4) is 0 Å². The molecule has 88 valence electrons. The lowest BCUT2D eigenvalue weighted by Crippen LogP contribution is -2.38. The van der Waals surface area contributed by atoms with Crippen molar-refractivity contribution in [2.45, 2.75) is 19.3 Å². The van der Waals surface area contributed by atoms with Gasteiger partial charge in [0.05, 0.1) is 11.8 Å². The minimum atomic E-state index is 0.0520. The maximum atomic E-state index is 11.9. The van der Waals surface area contributed by atoms with Crippen LogP contribution in [0.2, 0.25) is 0 Å². The molecule has 0 radical (unpaired) electrons. The summed E-state index contributed by atoms with van der Waals surface area (Å²) in [6, 6.07) is 0. The van der Waals surface area contributed by atoms with Gasteiger partial charge in [-0.3, -0.25) is 9.89 Å².